The number of phenols is 1. The summed E-state index contributed by atoms with van der Waals surface area (Å²) in [6.45, 7) is 3.64. The van der Waals surface area contributed by atoms with Gasteiger partial charge in [0.25, 0.3) is 5.56 Å². The maximum Gasteiger partial charge on any atom is 0.338 e. The quantitative estimate of drug-likeness (QED) is 0.487. The minimum absolute atomic E-state index is 0.133. The van der Waals surface area contributed by atoms with Crippen LogP contribution in [0.25, 0.3) is 6.08 Å². The number of benzene rings is 2. The van der Waals surface area contributed by atoms with E-state index in [1.54, 1.807) is 57.4 Å². The van der Waals surface area contributed by atoms with E-state index in [4.69, 9.17) is 18.9 Å². The highest BCUT2D eigenvalue weighted by Gasteiger charge is 2.33. The average molecular weight is 511 g/mol. The number of hydrogen-bond donors (Lipinski definition) is 1. The number of carbonyl (C=O) groups is 1. The van der Waals surface area contributed by atoms with Gasteiger partial charge in [-0.25, -0.2) is 9.79 Å². The summed E-state index contributed by atoms with van der Waals surface area (Å²) in [5.74, 6) is 0.349. The van der Waals surface area contributed by atoms with Crippen LogP contribution < -0.4 is 29.1 Å². The Kier molecular flexibility index (Phi) is 7.16. The molecule has 0 fully saturated rings. The van der Waals surface area contributed by atoms with Crippen molar-refractivity contribution in [1.29, 1.82) is 0 Å². The lowest BCUT2D eigenvalue weighted by Gasteiger charge is -2.25. The van der Waals surface area contributed by atoms with E-state index in [0.29, 0.717) is 31.9 Å². The highest BCUT2D eigenvalue weighted by atomic mass is 32.1. The van der Waals surface area contributed by atoms with Gasteiger partial charge >= 0.3 is 5.97 Å². The Labute approximate surface area is 211 Å². The van der Waals surface area contributed by atoms with Crippen LogP contribution in [0.3, 0.4) is 0 Å². The van der Waals surface area contributed by atoms with Crippen molar-refractivity contribution in [3.8, 4) is 23.0 Å². The maximum atomic E-state index is 13.7. The third kappa shape index (κ3) is 4.47. The van der Waals surface area contributed by atoms with Gasteiger partial charge < -0.3 is 24.1 Å². The number of carbonyl (C=O) groups excluding carboxylic acids is 1. The van der Waals surface area contributed by atoms with Crippen LogP contribution in [-0.2, 0) is 9.53 Å². The summed E-state index contributed by atoms with van der Waals surface area (Å²) in [7, 11) is 4.41. The maximum absolute atomic E-state index is 13.7. The number of nitrogens with zero attached hydrogens (tertiary/aromatic N) is 2. The Bertz CT molecular complexity index is 1510. The first-order valence-electron chi connectivity index (χ1n) is 11.1. The van der Waals surface area contributed by atoms with Crippen LogP contribution >= 0.6 is 11.3 Å². The zero-order chi connectivity index (χ0) is 26.0. The summed E-state index contributed by atoms with van der Waals surface area (Å²) < 4.78 is 23.1. The Balaban J connectivity index is 1.96. The van der Waals surface area contributed by atoms with E-state index in [9.17, 15) is 14.7 Å². The number of hydrogen-bond acceptors (Lipinski definition) is 9. The molecule has 1 atom stereocenters. The van der Waals surface area contributed by atoms with Crippen molar-refractivity contribution in [1.82, 2.24) is 4.57 Å². The van der Waals surface area contributed by atoms with Gasteiger partial charge in [0.15, 0.2) is 16.3 Å². The van der Waals surface area contributed by atoms with Crippen LogP contribution in [-0.4, -0.2) is 43.6 Å². The van der Waals surface area contributed by atoms with E-state index < -0.39 is 12.0 Å². The molecule has 0 amide bonds. The van der Waals surface area contributed by atoms with Gasteiger partial charge in [-0.05, 0) is 55.3 Å². The van der Waals surface area contributed by atoms with Gasteiger partial charge in [0.2, 0.25) is 5.75 Å². The number of aromatic nitrogens is 1. The number of methoxy groups -OCH3 is 3. The molecule has 0 saturated carbocycles. The lowest BCUT2D eigenvalue weighted by atomic mass is 9.95. The smallest absolute Gasteiger partial charge is 0.338 e. The van der Waals surface area contributed by atoms with Gasteiger partial charge in [-0.1, -0.05) is 23.5 Å². The predicted octanol–water partition coefficient (Wildman–Crippen LogP) is 2.53. The van der Waals surface area contributed by atoms with Crippen molar-refractivity contribution in [2.45, 2.75) is 19.9 Å². The van der Waals surface area contributed by atoms with Crippen LogP contribution in [0.5, 0.6) is 23.0 Å². The lowest BCUT2D eigenvalue weighted by molar-refractivity contribution is -0.139. The van der Waals surface area contributed by atoms with Crippen molar-refractivity contribution < 1.29 is 28.8 Å². The largest absolute Gasteiger partial charge is 0.502 e. The zero-order valence-electron chi connectivity index (χ0n) is 20.5. The van der Waals surface area contributed by atoms with E-state index in [1.807, 2.05) is 6.07 Å². The third-order valence-corrected chi connectivity index (χ3v) is 6.71. The number of allylic oxidation sites excluding steroid dienone is 1. The van der Waals surface area contributed by atoms with Crippen molar-refractivity contribution in [2.75, 3.05) is 27.9 Å². The first-order chi connectivity index (χ1) is 17.3. The molecule has 0 unspecified atom stereocenters. The summed E-state index contributed by atoms with van der Waals surface area (Å²) in [5, 5.41) is 10.2. The highest BCUT2D eigenvalue weighted by Crippen LogP contribution is 2.37. The number of aromatic hydroxyl groups is 1. The lowest BCUT2D eigenvalue weighted by Crippen LogP contribution is -2.39. The summed E-state index contributed by atoms with van der Waals surface area (Å²) in [6, 6.07) is 9.67. The molecule has 1 N–H and O–H groups in total. The molecule has 1 aromatic heterocycles. The third-order valence-electron chi connectivity index (χ3n) is 5.73. The van der Waals surface area contributed by atoms with Crippen molar-refractivity contribution in [2.24, 2.45) is 4.99 Å². The standard InChI is InChI=1S/C26H26N2O7S/c1-6-35-25(31)21-14(2)27-26-28(22(21)16-8-7-9-17(13-16)32-3)24(30)20(36-26)12-15-10-18(33-4)23(29)19(11-15)34-5/h7-13,22,29H,6H2,1-5H3/b20-12+/t22-/m1/s1. The molecule has 0 bridgehead atoms. The summed E-state index contributed by atoms with van der Waals surface area (Å²) in [5.41, 5.74) is 1.71. The highest BCUT2D eigenvalue weighted by molar-refractivity contribution is 7.07. The van der Waals surface area contributed by atoms with E-state index in [2.05, 4.69) is 4.99 Å². The normalized spacial score (nSPS) is 15.2. The van der Waals surface area contributed by atoms with Crippen molar-refractivity contribution in [3.05, 3.63) is 78.5 Å². The van der Waals surface area contributed by atoms with Crippen molar-refractivity contribution >= 4 is 23.4 Å². The zero-order valence-corrected chi connectivity index (χ0v) is 21.3. The number of phenolic OH excluding ortho intramolecular Hbond substituents is 1. The minimum Gasteiger partial charge on any atom is -0.502 e. The minimum atomic E-state index is -0.749. The molecule has 9 nitrogen and oxygen atoms in total. The molecule has 0 spiro atoms. The Morgan fingerprint density at radius 3 is 2.44 bits per heavy atom. The van der Waals surface area contributed by atoms with Gasteiger partial charge in [0, 0.05) is 0 Å². The average Bonchev–Trinajstić information content (AvgIpc) is 3.18. The number of rotatable bonds is 7. The number of fused-ring (bicyclic) bond motifs is 1. The van der Waals surface area contributed by atoms with Crippen LogP contribution in [0.1, 0.15) is 31.0 Å². The van der Waals surface area contributed by atoms with Crippen LogP contribution in [0, 0.1) is 0 Å². The van der Waals surface area contributed by atoms with Gasteiger partial charge in [-0.3, -0.25) is 9.36 Å². The molecular formula is C26H26N2O7S. The van der Waals surface area contributed by atoms with E-state index in [-0.39, 0.29) is 35.0 Å². The molecule has 0 saturated heterocycles. The second kappa shape index (κ2) is 10.3. The number of esters is 1. The topological polar surface area (TPSA) is 109 Å². The van der Waals surface area contributed by atoms with E-state index in [0.717, 1.165) is 0 Å². The molecule has 0 radical (unpaired) electrons. The van der Waals surface area contributed by atoms with E-state index in [1.165, 1.54) is 30.1 Å². The Morgan fingerprint density at radius 2 is 1.83 bits per heavy atom. The second-order valence-corrected chi connectivity index (χ2v) is 8.86. The van der Waals surface area contributed by atoms with Gasteiger partial charge in [-0.2, -0.15) is 0 Å². The summed E-state index contributed by atoms with van der Waals surface area (Å²) >= 11 is 1.19. The molecule has 0 aliphatic carbocycles. The first kappa shape index (κ1) is 25.1. The molecule has 10 heteroatoms. The fraction of sp³-hybridized carbons (Fsp3) is 0.269. The van der Waals surface area contributed by atoms with Crippen LogP contribution in [0.4, 0.5) is 0 Å². The molecule has 1 aliphatic heterocycles. The predicted molar refractivity (Wildman–Crippen MR) is 135 cm³/mol. The van der Waals surface area contributed by atoms with E-state index >= 15 is 0 Å². The van der Waals surface area contributed by atoms with Crippen LogP contribution in [0.15, 0.2) is 57.5 Å². The number of ether oxygens (including phenoxy) is 4. The summed E-state index contributed by atoms with van der Waals surface area (Å²) in [6.07, 6.45) is 1.67. The van der Waals surface area contributed by atoms with Crippen molar-refractivity contribution in [3.63, 3.8) is 0 Å². The van der Waals surface area contributed by atoms with Crippen LogP contribution in [0.2, 0.25) is 0 Å². The molecule has 4 rings (SSSR count). The number of thiazole rings is 1. The monoisotopic (exact) mass is 510 g/mol. The Morgan fingerprint density at radius 1 is 1.14 bits per heavy atom. The Hall–Kier alpha value is -4.05. The molecule has 2 aromatic carbocycles. The molecule has 1 aliphatic rings. The molecule has 2 heterocycles. The van der Waals surface area contributed by atoms with Gasteiger partial charge in [0.05, 0.1) is 49.8 Å². The molecule has 36 heavy (non-hydrogen) atoms. The molecular weight excluding hydrogens is 484 g/mol. The first-order valence-corrected chi connectivity index (χ1v) is 11.9. The molecule has 3 aromatic rings. The SMILES string of the molecule is CCOC(=O)C1=C(C)N=c2s/c(=C/c3cc(OC)c(O)c(OC)c3)c(=O)n2[C@@H]1c1cccc(OC)c1. The molecule has 188 valence electrons. The summed E-state index contributed by atoms with van der Waals surface area (Å²) in [4.78, 5) is 31.7. The fourth-order valence-electron chi connectivity index (χ4n) is 4.07. The van der Waals surface area contributed by atoms with Gasteiger partial charge in [-0.15, -0.1) is 0 Å². The van der Waals surface area contributed by atoms with Gasteiger partial charge in [0.1, 0.15) is 5.75 Å². The second-order valence-electron chi connectivity index (χ2n) is 7.85. The fourth-order valence-corrected chi connectivity index (χ4v) is 5.11.